The minimum absolute atomic E-state index is 0.449. The summed E-state index contributed by atoms with van der Waals surface area (Å²) in [5.41, 5.74) is 0.915. The third kappa shape index (κ3) is 3.87. The third-order valence-corrected chi connectivity index (χ3v) is 4.09. The molecule has 0 saturated carbocycles. The van der Waals surface area contributed by atoms with E-state index in [1.165, 1.54) is 0 Å². The van der Waals surface area contributed by atoms with E-state index in [2.05, 4.69) is 21.8 Å². The van der Waals surface area contributed by atoms with Crippen molar-refractivity contribution in [3.8, 4) is 0 Å². The standard InChI is InChI=1S/C12H19N3OS/c1-14-5-7-15(8-6-14)4-2-12-13-11(3-9-16)10-17-12/h9-10H,2-8H2,1H3. The van der Waals surface area contributed by atoms with Gasteiger partial charge in [-0.3, -0.25) is 0 Å². The summed E-state index contributed by atoms with van der Waals surface area (Å²) in [6, 6.07) is 0. The Balaban J connectivity index is 1.75. The fourth-order valence-corrected chi connectivity index (χ4v) is 2.77. The zero-order valence-electron chi connectivity index (χ0n) is 10.3. The maximum absolute atomic E-state index is 10.4. The monoisotopic (exact) mass is 253 g/mol. The van der Waals surface area contributed by atoms with Gasteiger partial charge in [0.15, 0.2) is 0 Å². The quantitative estimate of drug-likeness (QED) is 0.723. The van der Waals surface area contributed by atoms with Crippen molar-refractivity contribution < 1.29 is 4.79 Å². The summed E-state index contributed by atoms with van der Waals surface area (Å²) in [5, 5.41) is 3.15. The van der Waals surface area contributed by atoms with Crippen LogP contribution >= 0.6 is 11.3 Å². The van der Waals surface area contributed by atoms with E-state index in [9.17, 15) is 4.79 Å². The molecule has 0 aliphatic carbocycles. The summed E-state index contributed by atoms with van der Waals surface area (Å²) in [7, 11) is 2.17. The van der Waals surface area contributed by atoms with Crippen molar-refractivity contribution in [2.45, 2.75) is 12.8 Å². The van der Waals surface area contributed by atoms with Crippen molar-refractivity contribution in [3.05, 3.63) is 16.1 Å². The Kier molecular flexibility index (Phi) is 4.65. The van der Waals surface area contributed by atoms with Crippen LogP contribution in [-0.2, 0) is 17.6 Å². The van der Waals surface area contributed by atoms with Crippen LogP contribution in [-0.4, -0.2) is 60.8 Å². The molecular formula is C12H19N3OS. The molecule has 94 valence electrons. The Morgan fingerprint density at radius 3 is 2.88 bits per heavy atom. The smallest absolute Gasteiger partial charge is 0.125 e. The van der Waals surface area contributed by atoms with Gasteiger partial charge in [-0.25, -0.2) is 4.98 Å². The zero-order valence-corrected chi connectivity index (χ0v) is 11.1. The van der Waals surface area contributed by atoms with E-state index >= 15 is 0 Å². The number of hydrogen-bond acceptors (Lipinski definition) is 5. The second-order valence-electron chi connectivity index (χ2n) is 4.50. The van der Waals surface area contributed by atoms with Gasteiger partial charge in [-0.15, -0.1) is 11.3 Å². The molecule has 0 radical (unpaired) electrons. The molecule has 1 saturated heterocycles. The van der Waals surface area contributed by atoms with E-state index in [-0.39, 0.29) is 0 Å². The van der Waals surface area contributed by atoms with E-state index in [1.54, 1.807) is 11.3 Å². The molecule has 1 aromatic rings. The first kappa shape index (κ1) is 12.7. The second kappa shape index (κ2) is 6.23. The molecule has 17 heavy (non-hydrogen) atoms. The second-order valence-corrected chi connectivity index (χ2v) is 5.44. The molecular weight excluding hydrogens is 234 g/mol. The number of aldehydes is 1. The first-order valence-electron chi connectivity index (χ1n) is 6.06. The van der Waals surface area contributed by atoms with Crippen molar-refractivity contribution in [3.63, 3.8) is 0 Å². The zero-order chi connectivity index (χ0) is 12.1. The summed E-state index contributed by atoms with van der Waals surface area (Å²) in [4.78, 5) is 19.7. The van der Waals surface area contributed by atoms with E-state index < -0.39 is 0 Å². The first-order chi connectivity index (χ1) is 8.28. The van der Waals surface area contributed by atoms with E-state index in [4.69, 9.17) is 0 Å². The van der Waals surface area contributed by atoms with Crippen LogP contribution in [0.2, 0.25) is 0 Å². The van der Waals surface area contributed by atoms with Gasteiger partial charge in [0, 0.05) is 50.9 Å². The van der Waals surface area contributed by atoms with Crippen LogP contribution in [0.1, 0.15) is 10.7 Å². The first-order valence-corrected chi connectivity index (χ1v) is 6.93. The number of rotatable bonds is 5. The molecule has 1 aliphatic heterocycles. The van der Waals surface area contributed by atoms with E-state index in [1.807, 2.05) is 5.38 Å². The molecule has 0 unspecified atom stereocenters. The van der Waals surface area contributed by atoms with Crippen LogP contribution in [0.3, 0.4) is 0 Å². The molecule has 5 heteroatoms. The number of piperazine rings is 1. The molecule has 0 spiro atoms. The lowest BCUT2D eigenvalue weighted by Crippen LogP contribution is -2.45. The van der Waals surface area contributed by atoms with Crippen molar-refractivity contribution in [1.29, 1.82) is 0 Å². The third-order valence-electron chi connectivity index (χ3n) is 3.13. The van der Waals surface area contributed by atoms with E-state index in [0.29, 0.717) is 6.42 Å². The molecule has 0 atom stereocenters. The molecule has 0 N–H and O–H groups in total. The molecule has 0 aromatic carbocycles. The largest absolute Gasteiger partial charge is 0.304 e. The minimum Gasteiger partial charge on any atom is -0.304 e. The topological polar surface area (TPSA) is 36.4 Å². The number of carbonyl (C=O) groups excluding carboxylic acids is 1. The highest BCUT2D eigenvalue weighted by molar-refractivity contribution is 7.09. The van der Waals surface area contributed by atoms with Gasteiger partial charge in [0.25, 0.3) is 0 Å². The average molecular weight is 253 g/mol. The Morgan fingerprint density at radius 1 is 1.41 bits per heavy atom. The number of hydrogen-bond donors (Lipinski definition) is 0. The lowest BCUT2D eigenvalue weighted by atomic mass is 10.3. The SMILES string of the molecule is CN1CCN(CCc2nc(CC=O)cs2)CC1. The molecule has 4 nitrogen and oxygen atoms in total. The minimum atomic E-state index is 0.449. The molecule has 1 aliphatic rings. The summed E-state index contributed by atoms with van der Waals surface area (Å²) in [6.45, 7) is 5.72. The maximum atomic E-state index is 10.4. The highest BCUT2D eigenvalue weighted by atomic mass is 32.1. The predicted molar refractivity (Wildman–Crippen MR) is 69.5 cm³/mol. The molecule has 1 fully saturated rings. The van der Waals surface area contributed by atoms with Crippen LogP contribution in [0.5, 0.6) is 0 Å². The van der Waals surface area contributed by atoms with Gasteiger partial charge in [0.1, 0.15) is 6.29 Å². The lowest BCUT2D eigenvalue weighted by Gasteiger charge is -2.32. The van der Waals surface area contributed by atoms with E-state index in [0.717, 1.165) is 56.1 Å². The van der Waals surface area contributed by atoms with Crippen LogP contribution in [0.4, 0.5) is 0 Å². The van der Waals surface area contributed by atoms with Crippen molar-refractivity contribution >= 4 is 17.6 Å². The maximum Gasteiger partial charge on any atom is 0.125 e. The summed E-state index contributed by atoms with van der Waals surface area (Å²) in [5.74, 6) is 0. The van der Waals surface area contributed by atoms with Crippen molar-refractivity contribution in [2.24, 2.45) is 0 Å². The summed E-state index contributed by atoms with van der Waals surface area (Å²) in [6.07, 6.45) is 2.37. The lowest BCUT2D eigenvalue weighted by molar-refractivity contribution is -0.107. The Labute approximate surface area is 106 Å². The highest BCUT2D eigenvalue weighted by Crippen LogP contribution is 2.11. The molecule has 0 bridgehead atoms. The van der Waals surface area contributed by atoms with Gasteiger partial charge in [-0.05, 0) is 7.05 Å². The molecule has 0 amide bonds. The summed E-state index contributed by atoms with van der Waals surface area (Å²) < 4.78 is 0. The van der Waals surface area contributed by atoms with Gasteiger partial charge >= 0.3 is 0 Å². The summed E-state index contributed by atoms with van der Waals surface area (Å²) >= 11 is 1.67. The van der Waals surface area contributed by atoms with Gasteiger partial charge in [-0.2, -0.15) is 0 Å². The average Bonchev–Trinajstić information content (AvgIpc) is 2.77. The number of thiazole rings is 1. The van der Waals surface area contributed by atoms with Crippen LogP contribution in [0, 0.1) is 0 Å². The highest BCUT2D eigenvalue weighted by Gasteiger charge is 2.13. The van der Waals surface area contributed by atoms with Gasteiger partial charge in [0.2, 0.25) is 0 Å². The normalized spacial score (nSPS) is 18.4. The number of aromatic nitrogens is 1. The van der Waals surface area contributed by atoms with Gasteiger partial charge in [-0.1, -0.05) is 0 Å². The van der Waals surface area contributed by atoms with Crippen molar-refractivity contribution in [2.75, 3.05) is 39.8 Å². The Hall–Kier alpha value is -0.780. The van der Waals surface area contributed by atoms with Gasteiger partial charge < -0.3 is 14.6 Å². The van der Waals surface area contributed by atoms with Crippen LogP contribution in [0.25, 0.3) is 0 Å². The van der Waals surface area contributed by atoms with Crippen LogP contribution in [0.15, 0.2) is 5.38 Å². The van der Waals surface area contributed by atoms with Gasteiger partial charge in [0.05, 0.1) is 10.7 Å². The van der Waals surface area contributed by atoms with Crippen LogP contribution < -0.4 is 0 Å². The van der Waals surface area contributed by atoms with Crippen molar-refractivity contribution in [1.82, 2.24) is 14.8 Å². The number of nitrogens with zero attached hydrogens (tertiary/aromatic N) is 3. The number of carbonyl (C=O) groups is 1. The molecule has 1 aromatic heterocycles. The Bertz CT molecular complexity index is 358. The number of likely N-dealkylation sites (N-methyl/N-ethyl adjacent to an activating group) is 1. The fourth-order valence-electron chi connectivity index (χ4n) is 1.97. The Morgan fingerprint density at radius 2 is 2.18 bits per heavy atom. The molecule has 2 rings (SSSR count). The fraction of sp³-hybridized carbons (Fsp3) is 0.667. The predicted octanol–water partition coefficient (Wildman–Crippen LogP) is 0.674. The molecule has 2 heterocycles.